The fraction of sp³-hybridized carbons (Fsp3) is 0.667. The highest BCUT2D eigenvalue weighted by Crippen LogP contribution is 2.63. The first-order chi connectivity index (χ1) is 12.4. The number of fused-ring (bicyclic) bond motifs is 5. The third-order valence-electron chi connectivity index (χ3n) is 8.06. The van der Waals surface area contributed by atoms with Gasteiger partial charge in [0.25, 0.3) is 0 Å². The molecule has 2 nitrogen and oxygen atoms in total. The highest BCUT2D eigenvalue weighted by Gasteiger charge is 2.58. The van der Waals surface area contributed by atoms with Crippen molar-refractivity contribution in [3.8, 4) is 0 Å². The van der Waals surface area contributed by atoms with Gasteiger partial charge in [0.05, 0.1) is 0 Å². The number of hydrogen-bond donors (Lipinski definition) is 0. The molecule has 0 spiro atoms. The quantitative estimate of drug-likeness (QED) is 0.618. The van der Waals surface area contributed by atoms with E-state index in [1.165, 1.54) is 30.4 Å². The second kappa shape index (κ2) is 6.32. The molecule has 0 aromatic rings. The normalized spacial score (nSPS) is 41.3. The Morgan fingerprint density at radius 2 is 1.92 bits per heavy atom. The third kappa shape index (κ3) is 2.52. The number of hydrogen-bond acceptors (Lipinski definition) is 2. The van der Waals surface area contributed by atoms with Crippen LogP contribution >= 0.6 is 0 Å². The van der Waals surface area contributed by atoms with Crippen molar-refractivity contribution in [2.24, 2.45) is 28.6 Å². The van der Waals surface area contributed by atoms with Crippen LogP contribution in [0, 0.1) is 28.6 Å². The minimum absolute atomic E-state index is 0.0398. The predicted octanol–water partition coefficient (Wildman–Crippen LogP) is 5.59. The van der Waals surface area contributed by atoms with Gasteiger partial charge in [-0.15, -0.1) is 0 Å². The fourth-order valence-electron chi connectivity index (χ4n) is 6.46. The van der Waals surface area contributed by atoms with Gasteiger partial charge < -0.3 is 0 Å². The van der Waals surface area contributed by atoms with Crippen molar-refractivity contribution < 1.29 is 9.59 Å². The Labute approximate surface area is 157 Å². The van der Waals surface area contributed by atoms with Crippen LogP contribution in [0.15, 0.2) is 35.5 Å². The molecule has 2 saturated carbocycles. The summed E-state index contributed by atoms with van der Waals surface area (Å²) in [5.41, 5.74) is 2.51. The molecule has 4 rings (SSSR count). The first-order valence-corrected chi connectivity index (χ1v) is 10.6. The van der Waals surface area contributed by atoms with Gasteiger partial charge >= 0.3 is 0 Å². The number of rotatable bonds is 4. The summed E-state index contributed by atoms with van der Waals surface area (Å²) in [5.74, 6) is 2.12. The number of ketones is 2. The second-order valence-corrected chi connectivity index (χ2v) is 9.43. The summed E-state index contributed by atoms with van der Waals surface area (Å²) in [4.78, 5) is 24.7. The molecule has 0 aromatic carbocycles. The molecule has 0 aliphatic heterocycles. The highest BCUT2D eigenvalue weighted by molar-refractivity contribution is 6.02. The monoisotopic (exact) mass is 352 g/mol. The number of Topliss-reactive ketones (excluding diaryl/α,β-unsaturated/α-hetero) is 1. The van der Waals surface area contributed by atoms with Crippen molar-refractivity contribution in [3.63, 3.8) is 0 Å². The van der Waals surface area contributed by atoms with Crippen molar-refractivity contribution in [1.82, 2.24) is 0 Å². The van der Waals surface area contributed by atoms with E-state index in [9.17, 15) is 9.59 Å². The fourth-order valence-corrected chi connectivity index (χ4v) is 6.46. The van der Waals surface area contributed by atoms with Crippen LogP contribution in [-0.2, 0) is 9.59 Å². The van der Waals surface area contributed by atoms with Gasteiger partial charge in [0.2, 0.25) is 0 Å². The zero-order chi connectivity index (χ0) is 18.5. The third-order valence-corrected chi connectivity index (χ3v) is 8.06. The average Bonchev–Trinajstić information content (AvgIpc) is 2.92. The SMILES string of the molecule is CCCCCC1=C[C@@H]2[C@H](CC[C@]3(C)C(=O)CC[C@@H]23)[C@@]2(C)C=CC(=O)C=C12. The lowest BCUT2D eigenvalue weighted by atomic mass is 9.49. The Balaban J connectivity index is 1.76. The lowest BCUT2D eigenvalue weighted by molar-refractivity contribution is -0.130. The summed E-state index contributed by atoms with van der Waals surface area (Å²) in [7, 11) is 0. The van der Waals surface area contributed by atoms with E-state index in [4.69, 9.17) is 0 Å². The maximum absolute atomic E-state index is 12.6. The summed E-state index contributed by atoms with van der Waals surface area (Å²) in [5, 5.41) is 0. The molecule has 0 unspecified atom stereocenters. The molecule has 4 aliphatic rings. The molecular weight excluding hydrogens is 320 g/mol. The van der Waals surface area contributed by atoms with Crippen LogP contribution in [0.1, 0.15) is 72.1 Å². The molecule has 0 radical (unpaired) electrons. The summed E-state index contributed by atoms with van der Waals surface area (Å²) >= 11 is 0. The Kier molecular flexibility index (Phi) is 4.36. The van der Waals surface area contributed by atoms with E-state index in [0.717, 1.165) is 32.1 Å². The van der Waals surface area contributed by atoms with Gasteiger partial charge in [-0.3, -0.25) is 9.59 Å². The summed E-state index contributed by atoms with van der Waals surface area (Å²) in [6, 6.07) is 0. The molecule has 5 atom stereocenters. The number of unbranched alkanes of at least 4 members (excludes halogenated alkanes) is 2. The molecule has 0 amide bonds. The topological polar surface area (TPSA) is 34.1 Å². The standard InChI is InChI=1S/C24H32O2/c1-4-5-6-7-16-14-18-19-8-9-22(26)24(19,3)13-11-20(18)23(2)12-10-17(25)15-21(16)23/h10,12,14-15,18-20H,4-9,11,13H2,1-3H3/t18-,19-,20-,23+,24-/m0/s1. The van der Waals surface area contributed by atoms with Crippen LogP contribution in [0.4, 0.5) is 0 Å². The first kappa shape index (κ1) is 17.9. The largest absolute Gasteiger partial charge is 0.299 e. The molecule has 140 valence electrons. The van der Waals surface area contributed by atoms with Gasteiger partial charge in [-0.25, -0.2) is 0 Å². The van der Waals surface area contributed by atoms with Gasteiger partial charge in [0.1, 0.15) is 5.78 Å². The van der Waals surface area contributed by atoms with E-state index in [0.29, 0.717) is 23.5 Å². The van der Waals surface area contributed by atoms with E-state index in [2.05, 4.69) is 32.9 Å². The minimum atomic E-state index is -0.113. The van der Waals surface area contributed by atoms with Crippen LogP contribution in [0.2, 0.25) is 0 Å². The summed E-state index contributed by atoms with van der Waals surface area (Å²) < 4.78 is 0. The number of carbonyl (C=O) groups excluding carboxylic acids is 2. The molecule has 0 aromatic heterocycles. The average molecular weight is 353 g/mol. The number of allylic oxidation sites excluding steroid dienone is 6. The van der Waals surface area contributed by atoms with E-state index < -0.39 is 0 Å². The zero-order valence-corrected chi connectivity index (χ0v) is 16.5. The lowest BCUT2D eigenvalue weighted by Gasteiger charge is -2.54. The molecule has 0 saturated heterocycles. The van der Waals surface area contributed by atoms with Gasteiger partial charge in [-0.2, -0.15) is 0 Å². The smallest absolute Gasteiger partial charge is 0.178 e. The molecule has 4 aliphatic carbocycles. The second-order valence-electron chi connectivity index (χ2n) is 9.43. The molecule has 26 heavy (non-hydrogen) atoms. The van der Waals surface area contributed by atoms with Crippen LogP contribution in [0.5, 0.6) is 0 Å². The highest BCUT2D eigenvalue weighted by atomic mass is 16.1. The number of carbonyl (C=O) groups is 2. The Morgan fingerprint density at radius 3 is 2.69 bits per heavy atom. The van der Waals surface area contributed by atoms with Crippen molar-refractivity contribution in [2.45, 2.75) is 72.1 Å². The van der Waals surface area contributed by atoms with E-state index in [1.54, 1.807) is 6.08 Å². The van der Waals surface area contributed by atoms with Gasteiger partial charge in [-0.1, -0.05) is 45.8 Å². The van der Waals surface area contributed by atoms with E-state index >= 15 is 0 Å². The molecule has 2 heteroatoms. The minimum Gasteiger partial charge on any atom is -0.299 e. The van der Waals surface area contributed by atoms with Crippen molar-refractivity contribution in [2.75, 3.05) is 0 Å². The lowest BCUT2D eigenvalue weighted by Crippen LogP contribution is -2.49. The van der Waals surface area contributed by atoms with Gasteiger partial charge in [0, 0.05) is 17.3 Å². The molecule has 0 heterocycles. The molecule has 2 fully saturated rings. The Morgan fingerprint density at radius 1 is 1.12 bits per heavy atom. The van der Waals surface area contributed by atoms with Crippen molar-refractivity contribution in [3.05, 3.63) is 35.5 Å². The molecular formula is C24H32O2. The maximum Gasteiger partial charge on any atom is 0.178 e. The zero-order valence-electron chi connectivity index (χ0n) is 16.5. The summed E-state index contributed by atoms with van der Waals surface area (Å²) in [6.07, 6.45) is 17.0. The maximum atomic E-state index is 12.6. The van der Waals surface area contributed by atoms with E-state index in [1.807, 2.05) is 6.08 Å². The predicted molar refractivity (Wildman–Crippen MR) is 105 cm³/mol. The van der Waals surface area contributed by atoms with Gasteiger partial charge in [0.15, 0.2) is 5.78 Å². The van der Waals surface area contributed by atoms with Crippen molar-refractivity contribution in [1.29, 1.82) is 0 Å². The molecule has 0 bridgehead atoms. The Hall–Kier alpha value is -1.44. The Bertz CT molecular complexity index is 724. The molecule has 0 N–H and O–H groups in total. The van der Waals surface area contributed by atoms with Crippen LogP contribution < -0.4 is 0 Å². The summed E-state index contributed by atoms with van der Waals surface area (Å²) in [6.45, 7) is 6.80. The van der Waals surface area contributed by atoms with Crippen LogP contribution in [0.25, 0.3) is 0 Å². The van der Waals surface area contributed by atoms with Crippen LogP contribution in [-0.4, -0.2) is 11.6 Å². The van der Waals surface area contributed by atoms with Crippen molar-refractivity contribution >= 4 is 11.6 Å². The van der Waals surface area contributed by atoms with Crippen LogP contribution in [0.3, 0.4) is 0 Å². The van der Waals surface area contributed by atoms with E-state index in [-0.39, 0.29) is 16.6 Å². The van der Waals surface area contributed by atoms with Gasteiger partial charge in [-0.05, 0) is 73.2 Å². The first-order valence-electron chi connectivity index (χ1n) is 10.6.